The minimum Gasteiger partial charge on any atom is -0.374 e. The summed E-state index contributed by atoms with van der Waals surface area (Å²) in [7, 11) is 0. The van der Waals surface area contributed by atoms with E-state index in [-0.39, 0.29) is 11.9 Å². The Labute approximate surface area is 133 Å². The van der Waals surface area contributed by atoms with Gasteiger partial charge in [0.05, 0.1) is 11.6 Å². The second kappa shape index (κ2) is 5.30. The Balaban J connectivity index is 1.77. The zero-order valence-corrected chi connectivity index (χ0v) is 13.2. The van der Waals surface area contributed by atoms with Crippen molar-refractivity contribution in [3.8, 4) is 0 Å². The molecule has 0 spiro atoms. The van der Waals surface area contributed by atoms with Gasteiger partial charge in [-0.1, -0.05) is 0 Å². The van der Waals surface area contributed by atoms with Crippen molar-refractivity contribution < 1.29 is 4.39 Å². The van der Waals surface area contributed by atoms with Crippen LogP contribution in [0, 0.1) is 19.7 Å². The summed E-state index contributed by atoms with van der Waals surface area (Å²) in [6.45, 7) is 4.75. The molecular weight excluding hydrogens is 293 g/mol. The Morgan fingerprint density at radius 3 is 2.96 bits per heavy atom. The quantitative estimate of drug-likeness (QED) is 0.786. The second-order valence-corrected chi connectivity index (χ2v) is 6.05. The molecule has 0 aliphatic carbocycles. The van der Waals surface area contributed by atoms with Crippen LogP contribution in [-0.4, -0.2) is 19.7 Å². The lowest BCUT2D eigenvalue weighted by molar-refractivity contribution is 0.437. The summed E-state index contributed by atoms with van der Waals surface area (Å²) in [6, 6.07) is 6.74. The number of halogens is 1. The maximum Gasteiger partial charge on any atom is 0.149 e. The van der Waals surface area contributed by atoms with Gasteiger partial charge in [-0.15, -0.1) is 0 Å². The Kier molecular flexibility index (Phi) is 3.25. The standard InChI is InChI=1S/C17H18FN5/c1-10-8-16(13-9-12(18)5-6-14(13)19-10)21-15-4-3-7-23-17(15)20-11(2)22-23/h5-6,8-9,15H,3-4,7H2,1-2H3,(H,19,21). The van der Waals surface area contributed by atoms with Gasteiger partial charge in [-0.2, -0.15) is 5.10 Å². The minimum absolute atomic E-state index is 0.0817. The molecule has 1 aliphatic heterocycles. The van der Waals surface area contributed by atoms with Crippen LogP contribution in [0.5, 0.6) is 0 Å². The van der Waals surface area contributed by atoms with Crippen molar-refractivity contribution in [2.75, 3.05) is 5.32 Å². The molecule has 0 saturated carbocycles. The summed E-state index contributed by atoms with van der Waals surface area (Å²) >= 11 is 0. The lowest BCUT2D eigenvalue weighted by Gasteiger charge is -2.24. The van der Waals surface area contributed by atoms with Gasteiger partial charge in [0, 0.05) is 23.3 Å². The molecule has 1 unspecified atom stereocenters. The topological polar surface area (TPSA) is 55.6 Å². The van der Waals surface area contributed by atoms with Crippen LogP contribution >= 0.6 is 0 Å². The Morgan fingerprint density at radius 1 is 1.22 bits per heavy atom. The van der Waals surface area contributed by atoms with Gasteiger partial charge in [-0.05, 0) is 51.0 Å². The third kappa shape index (κ3) is 2.54. The van der Waals surface area contributed by atoms with Crippen molar-refractivity contribution >= 4 is 16.6 Å². The Hall–Kier alpha value is -2.50. The first-order chi connectivity index (χ1) is 11.1. The normalized spacial score (nSPS) is 17.3. The lowest BCUT2D eigenvalue weighted by Crippen LogP contribution is -2.22. The van der Waals surface area contributed by atoms with Crippen LogP contribution in [0.1, 0.15) is 36.2 Å². The van der Waals surface area contributed by atoms with Gasteiger partial charge in [0.25, 0.3) is 0 Å². The number of fused-ring (bicyclic) bond motifs is 2. The third-order valence-electron chi connectivity index (χ3n) is 4.21. The molecule has 1 N–H and O–H groups in total. The first-order valence-corrected chi connectivity index (χ1v) is 7.85. The van der Waals surface area contributed by atoms with E-state index in [0.29, 0.717) is 0 Å². The Bertz CT molecular complexity index is 886. The summed E-state index contributed by atoms with van der Waals surface area (Å²) in [5.41, 5.74) is 2.59. The van der Waals surface area contributed by atoms with Gasteiger partial charge in [-0.25, -0.2) is 14.1 Å². The smallest absolute Gasteiger partial charge is 0.149 e. The zero-order valence-electron chi connectivity index (χ0n) is 13.2. The van der Waals surface area contributed by atoms with E-state index >= 15 is 0 Å². The first kappa shape index (κ1) is 14.1. The molecule has 0 radical (unpaired) electrons. The highest BCUT2D eigenvalue weighted by atomic mass is 19.1. The van der Waals surface area contributed by atoms with Crippen LogP contribution in [-0.2, 0) is 6.54 Å². The fourth-order valence-electron chi connectivity index (χ4n) is 3.24. The largest absolute Gasteiger partial charge is 0.374 e. The van der Waals surface area contributed by atoms with Crippen molar-refractivity contribution in [3.63, 3.8) is 0 Å². The van der Waals surface area contributed by atoms with Crippen LogP contribution in [0.25, 0.3) is 10.9 Å². The average Bonchev–Trinajstić information content (AvgIpc) is 2.89. The molecule has 3 heterocycles. The molecule has 2 aromatic heterocycles. The van der Waals surface area contributed by atoms with E-state index in [4.69, 9.17) is 0 Å². The van der Waals surface area contributed by atoms with E-state index in [1.54, 1.807) is 6.07 Å². The van der Waals surface area contributed by atoms with Gasteiger partial charge >= 0.3 is 0 Å². The molecule has 5 nitrogen and oxygen atoms in total. The molecule has 0 bridgehead atoms. The van der Waals surface area contributed by atoms with E-state index in [9.17, 15) is 4.39 Å². The van der Waals surface area contributed by atoms with Crippen molar-refractivity contribution in [1.29, 1.82) is 0 Å². The maximum atomic E-state index is 13.7. The number of nitrogens with one attached hydrogen (secondary N) is 1. The van der Waals surface area contributed by atoms with Gasteiger partial charge in [-0.3, -0.25) is 4.98 Å². The molecule has 1 atom stereocenters. The first-order valence-electron chi connectivity index (χ1n) is 7.85. The number of hydrogen-bond acceptors (Lipinski definition) is 4. The summed E-state index contributed by atoms with van der Waals surface area (Å²) in [5.74, 6) is 1.48. The van der Waals surface area contributed by atoms with E-state index in [2.05, 4.69) is 20.4 Å². The lowest BCUT2D eigenvalue weighted by atomic mass is 10.1. The van der Waals surface area contributed by atoms with Crippen molar-refractivity contribution in [2.45, 2.75) is 39.3 Å². The van der Waals surface area contributed by atoms with Crippen LogP contribution in [0.2, 0.25) is 0 Å². The third-order valence-corrected chi connectivity index (χ3v) is 4.21. The zero-order chi connectivity index (χ0) is 16.0. The Morgan fingerprint density at radius 2 is 2.09 bits per heavy atom. The van der Waals surface area contributed by atoms with E-state index in [1.165, 1.54) is 12.1 Å². The van der Waals surface area contributed by atoms with Crippen LogP contribution in [0.15, 0.2) is 24.3 Å². The highest BCUT2D eigenvalue weighted by molar-refractivity contribution is 5.91. The number of benzene rings is 1. The summed E-state index contributed by atoms with van der Waals surface area (Å²) in [5, 5.41) is 8.76. The number of hydrogen-bond donors (Lipinski definition) is 1. The molecule has 1 aromatic carbocycles. The molecule has 0 fully saturated rings. The van der Waals surface area contributed by atoms with E-state index in [0.717, 1.165) is 53.3 Å². The number of aryl methyl sites for hydroxylation is 3. The molecule has 0 saturated heterocycles. The summed E-state index contributed by atoms with van der Waals surface area (Å²) in [6.07, 6.45) is 2.03. The van der Waals surface area contributed by atoms with Gasteiger partial charge < -0.3 is 5.32 Å². The summed E-state index contributed by atoms with van der Waals surface area (Å²) in [4.78, 5) is 9.03. The summed E-state index contributed by atoms with van der Waals surface area (Å²) < 4.78 is 15.6. The highest BCUT2D eigenvalue weighted by Gasteiger charge is 2.24. The van der Waals surface area contributed by atoms with Crippen LogP contribution < -0.4 is 5.32 Å². The molecule has 0 amide bonds. The van der Waals surface area contributed by atoms with E-state index < -0.39 is 0 Å². The number of nitrogens with zero attached hydrogens (tertiary/aromatic N) is 4. The molecular formula is C17H18FN5. The maximum absolute atomic E-state index is 13.7. The molecule has 6 heteroatoms. The fraction of sp³-hybridized carbons (Fsp3) is 0.353. The highest BCUT2D eigenvalue weighted by Crippen LogP contribution is 2.31. The van der Waals surface area contributed by atoms with Crippen molar-refractivity contribution in [3.05, 3.63) is 47.4 Å². The van der Waals surface area contributed by atoms with E-state index in [1.807, 2.05) is 24.6 Å². The van der Waals surface area contributed by atoms with Gasteiger partial charge in [0.1, 0.15) is 17.5 Å². The predicted molar refractivity (Wildman–Crippen MR) is 86.8 cm³/mol. The van der Waals surface area contributed by atoms with Crippen LogP contribution in [0.4, 0.5) is 10.1 Å². The van der Waals surface area contributed by atoms with Gasteiger partial charge in [0.15, 0.2) is 0 Å². The molecule has 4 rings (SSSR count). The SMILES string of the molecule is Cc1cc(NC2CCCn3nc(C)nc32)c2cc(F)ccc2n1. The molecule has 3 aromatic rings. The minimum atomic E-state index is -0.256. The second-order valence-electron chi connectivity index (χ2n) is 6.05. The monoisotopic (exact) mass is 311 g/mol. The van der Waals surface area contributed by atoms with Crippen LogP contribution in [0.3, 0.4) is 0 Å². The fourth-order valence-corrected chi connectivity index (χ4v) is 3.24. The number of anilines is 1. The number of pyridine rings is 1. The predicted octanol–water partition coefficient (Wildman–Crippen LogP) is 3.53. The average molecular weight is 311 g/mol. The van der Waals surface area contributed by atoms with Gasteiger partial charge in [0.2, 0.25) is 0 Å². The molecule has 118 valence electrons. The van der Waals surface area contributed by atoms with Crippen molar-refractivity contribution in [2.24, 2.45) is 0 Å². The molecule has 1 aliphatic rings. The van der Waals surface area contributed by atoms with Crippen molar-refractivity contribution in [1.82, 2.24) is 19.7 Å². The number of aromatic nitrogens is 4. The number of rotatable bonds is 2. The molecule has 23 heavy (non-hydrogen) atoms.